The van der Waals surface area contributed by atoms with Gasteiger partial charge < -0.3 is 20.2 Å². The molecule has 0 aliphatic heterocycles. The number of nitrogens with zero attached hydrogens (tertiary/aromatic N) is 1. The van der Waals surface area contributed by atoms with E-state index in [2.05, 4.69) is 34.0 Å². The Kier molecular flexibility index (Phi) is 3.72. The Morgan fingerprint density at radius 1 is 1.28 bits per heavy atom. The molecule has 2 aromatic rings. The van der Waals surface area contributed by atoms with Crippen LogP contribution in [0.15, 0.2) is 23.0 Å². The van der Waals surface area contributed by atoms with Gasteiger partial charge in [0.05, 0.1) is 11.0 Å². The molecule has 0 saturated heterocycles. The summed E-state index contributed by atoms with van der Waals surface area (Å²) in [5, 5.41) is 3.38. The summed E-state index contributed by atoms with van der Waals surface area (Å²) in [5.41, 5.74) is 2.63. The Morgan fingerprint density at radius 2 is 2.00 bits per heavy atom. The predicted molar refractivity (Wildman–Crippen MR) is 75.3 cm³/mol. The number of hydrogen-bond donors (Lipinski definition) is 3. The minimum atomic E-state index is -0.161. The topological polar surface area (TPSA) is 63.9 Å². The second-order valence-corrected chi connectivity index (χ2v) is 4.84. The highest BCUT2D eigenvalue weighted by Crippen LogP contribution is 2.17. The van der Waals surface area contributed by atoms with E-state index >= 15 is 0 Å². The molecule has 98 valence electrons. The van der Waals surface area contributed by atoms with Crippen molar-refractivity contribution in [1.82, 2.24) is 15.3 Å². The lowest BCUT2D eigenvalue weighted by atomic mass is 10.2. The van der Waals surface area contributed by atoms with Crippen molar-refractivity contribution >= 4 is 16.7 Å². The molecule has 3 N–H and O–H groups in total. The molecule has 2 rings (SSSR count). The maximum absolute atomic E-state index is 11.2. The van der Waals surface area contributed by atoms with Crippen LogP contribution in [0.5, 0.6) is 0 Å². The van der Waals surface area contributed by atoms with Gasteiger partial charge in [0.25, 0.3) is 0 Å². The minimum Gasteiger partial charge on any atom is -0.373 e. The summed E-state index contributed by atoms with van der Waals surface area (Å²) in [6, 6.07) is 6.43. The number of aromatic amines is 2. The molecule has 0 atom stereocenters. The third-order valence-corrected chi connectivity index (χ3v) is 2.94. The first-order valence-corrected chi connectivity index (χ1v) is 6.23. The second-order valence-electron chi connectivity index (χ2n) is 4.84. The second kappa shape index (κ2) is 5.27. The SMILES string of the molecule is CC(C)NCCN(C)c1ccc2[nH]c(=O)[nH]c2c1. The van der Waals surface area contributed by atoms with Crippen molar-refractivity contribution in [3.63, 3.8) is 0 Å². The van der Waals surface area contributed by atoms with Crippen molar-refractivity contribution in [1.29, 1.82) is 0 Å². The zero-order chi connectivity index (χ0) is 13.1. The minimum absolute atomic E-state index is 0.161. The lowest BCUT2D eigenvalue weighted by Crippen LogP contribution is -2.32. The number of aromatic nitrogens is 2. The Hall–Kier alpha value is -1.75. The quantitative estimate of drug-likeness (QED) is 0.747. The zero-order valence-corrected chi connectivity index (χ0v) is 11.1. The fourth-order valence-corrected chi connectivity index (χ4v) is 1.91. The van der Waals surface area contributed by atoms with E-state index in [9.17, 15) is 4.79 Å². The molecule has 0 amide bonds. The van der Waals surface area contributed by atoms with Gasteiger partial charge in [0, 0.05) is 31.9 Å². The number of hydrogen-bond acceptors (Lipinski definition) is 3. The monoisotopic (exact) mass is 248 g/mol. The highest BCUT2D eigenvalue weighted by atomic mass is 16.1. The largest absolute Gasteiger partial charge is 0.373 e. The van der Waals surface area contributed by atoms with Gasteiger partial charge in [-0.25, -0.2) is 4.79 Å². The molecule has 18 heavy (non-hydrogen) atoms. The van der Waals surface area contributed by atoms with Crippen LogP contribution in [0.3, 0.4) is 0 Å². The number of likely N-dealkylation sites (N-methyl/N-ethyl adjacent to an activating group) is 1. The molecule has 0 spiro atoms. The van der Waals surface area contributed by atoms with Crippen molar-refractivity contribution in [3.05, 3.63) is 28.7 Å². The summed E-state index contributed by atoms with van der Waals surface area (Å²) in [7, 11) is 2.05. The van der Waals surface area contributed by atoms with E-state index in [1.807, 2.05) is 25.2 Å². The number of imidazole rings is 1. The highest BCUT2D eigenvalue weighted by molar-refractivity contribution is 5.78. The normalized spacial score (nSPS) is 11.3. The summed E-state index contributed by atoms with van der Waals surface area (Å²) in [6.45, 7) is 6.14. The van der Waals surface area contributed by atoms with Crippen LogP contribution in [0.1, 0.15) is 13.8 Å². The van der Waals surface area contributed by atoms with Crippen molar-refractivity contribution in [2.45, 2.75) is 19.9 Å². The van der Waals surface area contributed by atoms with Crippen molar-refractivity contribution < 1.29 is 0 Å². The van der Waals surface area contributed by atoms with E-state index in [1.54, 1.807) is 0 Å². The molecule has 0 aliphatic rings. The van der Waals surface area contributed by atoms with Crippen LogP contribution in [-0.4, -0.2) is 36.1 Å². The molecule has 0 unspecified atom stereocenters. The summed E-state index contributed by atoms with van der Waals surface area (Å²) >= 11 is 0. The van der Waals surface area contributed by atoms with Gasteiger partial charge in [-0.05, 0) is 18.2 Å². The zero-order valence-electron chi connectivity index (χ0n) is 11.1. The molecular formula is C13H20N4O. The summed E-state index contributed by atoms with van der Waals surface area (Å²) < 4.78 is 0. The van der Waals surface area contributed by atoms with Gasteiger partial charge in [0.15, 0.2) is 0 Å². The van der Waals surface area contributed by atoms with E-state index in [1.165, 1.54) is 0 Å². The molecule has 0 bridgehead atoms. The standard InChI is InChI=1S/C13H20N4O/c1-9(2)14-6-7-17(3)10-4-5-11-12(8-10)16-13(18)15-11/h4-5,8-9,14H,6-7H2,1-3H3,(H2,15,16,18). The lowest BCUT2D eigenvalue weighted by Gasteiger charge is -2.20. The molecule has 5 heteroatoms. The van der Waals surface area contributed by atoms with E-state index in [0.29, 0.717) is 6.04 Å². The molecule has 1 aromatic heterocycles. The number of anilines is 1. The summed E-state index contributed by atoms with van der Waals surface area (Å²) in [6.07, 6.45) is 0. The van der Waals surface area contributed by atoms with Gasteiger partial charge >= 0.3 is 5.69 Å². The molecule has 0 saturated carbocycles. The Labute approximate surface area is 106 Å². The van der Waals surface area contributed by atoms with E-state index in [-0.39, 0.29) is 5.69 Å². The van der Waals surface area contributed by atoms with Crippen LogP contribution in [0.25, 0.3) is 11.0 Å². The molecule has 0 fully saturated rings. The number of H-pyrrole nitrogens is 2. The number of rotatable bonds is 5. The number of nitrogens with one attached hydrogen (secondary N) is 3. The van der Waals surface area contributed by atoms with Gasteiger partial charge in [-0.3, -0.25) is 0 Å². The van der Waals surface area contributed by atoms with Crippen LogP contribution in [0.4, 0.5) is 5.69 Å². The van der Waals surface area contributed by atoms with Crippen molar-refractivity contribution in [3.8, 4) is 0 Å². The predicted octanol–water partition coefficient (Wildman–Crippen LogP) is 1.29. The molecule has 5 nitrogen and oxygen atoms in total. The van der Waals surface area contributed by atoms with Gasteiger partial charge in [-0.15, -0.1) is 0 Å². The first-order chi connectivity index (χ1) is 8.56. The summed E-state index contributed by atoms with van der Waals surface area (Å²) in [5.74, 6) is 0. The molecule has 1 heterocycles. The van der Waals surface area contributed by atoms with Gasteiger partial charge in [0.1, 0.15) is 0 Å². The van der Waals surface area contributed by atoms with E-state index < -0.39 is 0 Å². The smallest absolute Gasteiger partial charge is 0.323 e. The molecular weight excluding hydrogens is 228 g/mol. The van der Waals surface area contributed by atoms with Crippen LogP contribution in [0.2, 0.25) is 0 Å². The Balaban J connectivity index is 2.07. The Bertz CT molecular complexity index is 570. The third kappa shape index (κ3) is 2.92. The van der Waals surface area contributed by atoms with E-state index in [0.717, 1.165) is 29.8 Å². The number of benzene rings is 1. The Morgan fingerprint density at radius 3 is 2.72 bits per heavy atom. The van der Waals surface area contributed by atoms with E-state index in [4.69, 9.17) is 0 Å². The highest BCUT2D eigenvalue weighted by Gasteiger charge is 2.04. The molecule has 1 aromatic carbocycles. The maximum atomic E-state index is 11.2. The van der Waals surface area contributed by atoms with Crippen LogP contribution in [0, 0.1) is 0 Å². The first-order valence-electron chi connectivity index (χ1n) is 6.23. The molecule has 0 radical (unpaired) electrons. The maximum Gasteiger partial charge on any atom is 0.323 e. The van der Waals surface area contributed by atoms with Crippen molar-refractivity contribution in [2.75, 3.05) is 25.0 Å². The average molecular weight is 248 g/mol. The average Bonchev–Trinajstić information content (AvgIpc) is 2.67. The van der Waals surface area contributed by atoms with Crippen LogP contribution < -0.4 is 15.9 Å². The summed E-state index contributed by atoms with van der Waals surface area (Å²) in [4.78, 5) is 18.9. The van der Waals surface area contributed by atoms with Crippen LogP contribution >= 0.6 is 0 Å². The van der Waals surface area contributed by atoms with Gasteiger partial charge in [-0.2, -0.15) is 0 Å². The van der Waals surface area contributed by atoms with Crippen LogP contribution in [-0.2, 0) is 0 Å². The van der Waals surface area contributed by atoms with Crippen molar-refractivity contribution in [2.24, 2.45) is 0 Å². The fraction of sp³-hybridized carbons (Fsp3) is 0.462. The van der Waals surface area contributed by atoms with Gasteiger partial charge in [0.2, 0.25) is 0 Å². The van der Waals surface area contributed by atoms with Gasteiger partial charge in [-0.1, -0.05) is 13.8 Å². The first kappa shape index (κ1) is 12.7. The fourth-order valence-electron chi connectivity index (χ4n) is 1.91. The lowest BCUT2D eigenvalue weighted by molar-refractivity contribution is 0.589. The molecule has 0 aliphatic carbocycles. The third-order valence-electron chi connectivity index (χ3n) is 2.94. The number of fused-ring (bicyclic) bond motifs is 1.